The lowest BCUT2D eigenvalue weighted by atomic mass is 10.0. The Morgan fingerprint density at radius 2 is 2.42 bits per heavy atom. The molecule has 0 bridgehead atoms. The smallest absolute Gasteiger partial charge is 0.339 e. The number of H-pyrrole nitrogens is 1. The van der Waals surface area contributed by atoms with E-state index in [0.29, 0.717) is 5.56 Å². The fourth-order valence-electron chi connectivity index (χ4n) is 1.35. The highest BCUT2D eigenvalue weighted by Crippen LogP contribution is 2.47. The van der Waals surface area contributed by atoms with E-state index in [1.54, 1.807) is 0 Å². The summed E-state index contributed by atoms with van der Waals surface area (Å²) in [6.45, 7) is 2.05. The first-order valence-corrected chi connectivity index (χ1v) is 3.91. The topological polar surface area (TPSA) is 66.0 Å². The van der Waals surface area contributed by atoms with E-state index < -0.39 is 5.97 Å². The molecule has 1 aromatic heterocycles. The molecule has 4 heteroatoms. The number of aromatic amines is 1. The lowest BCUT2D eigenvalue weighted by Crippen LogP contribution is -2.08. The minimum Gasteiger partial charge on any atom is -0.478 e. The van der Waals surface area contributed by atoms with Crippen molar-refractivity contribution in [1.29, 1.82) is 0 Å². The molecule has 1 aliphatic carbocycles. The average Bonchev–Trinajstić information content (AvgIpc) is 2.61. The molecule has 0 radical (unpaired) electrons. The van der Waals surface area contributed by atoms with Crippen LogP contribution in [0.5, 0.6) is 0 Å². The van der Waals surface area contributed by atoms with Crippen molar-refractivity contribution >= 4 is 5.97 Å². The molecule has 1 heterocycles. The largest absolute Gasteiger partial charge is 0.478 e. The van der Waals surface area contributed by atoms with E-state index in [1.807, 2.05) is 6.92 Å². The Kier molecular flexibility index (Phi) is 1.28. The first-order chi connectivity index (χ1) is 5.63. The van der Waals surface area contributed by atoms with Crippen molar-refractivity contribution in [2.45, 2.75) is 25.2 Å². The van der Waals surface area contributed by atoms with E-state index in [1.165, 1.54) is 6.20 Å². The van der Waals surface area contributed by atoms with Crippen molar-refractivity contribution in [3.05, 3.63) is 17.5 Å². The van der Waals surface area contributed by atoms with E-state index in [-0.39, 0.29) is 5.41 Å². The zero-order valence-corrected chi connectivity index (χ0v) is 6.79. The van der Waals surface area contributed by atoms with Gasteiger partial charge in [-0.2, -0.15) is 5.10 Å². The van der Waals surface area contributed by atoms with Crippen molar-refractivity contribution < 1.29 is 9.90 Å². The molecule has 1 saturated carbocycles. The van der Waals surface area contributed by atoms with Crippen LogP contribution in [0.4, 0.5) is 0 Å². The maximum atomic E-state index is 10.7. The van der Waals surface area contributed by atoms with Crippen molar-refractivity contribution in [3.8, 4) is 0 Å². The number of carboxylic acid groups (broad SMARTS) is 1. The molecule has 0 atom stereocenters. The van der Waals surface area contributed by atoms with Crippen molar-refractivity contribution in [1.82, 2.24) is 10.2 Å². The van der Waals surface area contributed by atoms with Gasteiger partial charge in [-0.05, 0) is 12.8 Å². The second kappa shape index (κ2) is 2.09. The summed E-state index contributed by atoms with van der Waals surface area (Å²) in [5.74, 6) is -0.896. The number of aromatic nitrogens is 2. The fraction of sp³-hybridized carbons (Fsp3) is 0.500. The quantitative estimate of drug-likeness (QED) is 0.692. The van der Waals surface area contributed by atoms with Gasteiger partial charge >= 0.3 is 5.97 Å². The molecule has 12 heavy (non-hydrogen) atoms. The van der Waals surface area contributed by atoms with Gasteiger partial charge in [0.2, 0.25) is 0 Å². The summed E-state index contributed by atoms with van der Waals surface area (Å²) in [6, 6.07) is 0. The van der Waals surface area contributed by atoms with E-state index in [0.717, 1.165) is 18.5 Å². The Balaban J connectivity index is 2.43. The van der Waals surface area contributed by atoms with Gasteiger partial charge in [-0.25, -0.2) is 4.79 Å². The number of nitrogens with zero attached hydrogens (tertiary/aromatic N) is 1. The summed E-state index contributed by atoms with van der Waals surface area (Å²) >= 11 is 0. The Hall–Kier alpha value is -1.32. The minimum atomic E-state index is -0.896. The van der Waals surface area contributed by atoms with Crippen molar-refractivity contribution in [3.63, 3.8) is 0 Å². The highest BCUT2D eigenvalue weighted by Gasteiger charge is 2.43. The van der Waals surface area contributed by atoms with Gasteiger partial charge in [0, 0.05) is 5.41 Å². The number of rotatable bonds is 2. The predicted molar refractivity (Wildman–Crippen MR) is 42.1 cm³/mol. The number of hydrogen-bond donors (Lipinski definition) is 2. The molecule has 0 aromatic carbocycles. The zero-order chi connectivity index (χ0) is 8.77. The second-order valence-corrected chi connectivity index (χ2v) is 3.52. The lowest BCUT2D eigenvalue weighted by molar-refractivity contribution is 0.0695. The molecule has 0 saturated heterocycles. The van der Waals surface area contributed by atoms with Gasteiger partial charge in [0.05, 0.1) is 11.9 Å². The van der Waals surface area contributed by atoms with Gasteiger partial charge in [-0.15, -0.1) is 0 Å². The highest BCUT2D eigenvalue weighted by molar-refractivity contribution is 5.89. The summed E-state index contributed by atoms with van der Waals surface area (Å²) in [5, 5.41) is 15.3. The van der Waals surface area contributed by atoms with Crippen LogP contribution in [0.15, 0.2) is 6.20 Å². The van der Waals surface area contributed by atoms with Crippen LogP contribution >= 0.6 is 0 Å². The van der Waals surface area contributed by atoms with Gasteiger partial charge in [0.25, 0.3) is 0 Å². The normalized spacial score (nSPS) is 19.1. The van der Waals surface area contributed by atoms with Gasteiger partial charge < -0.3 is 5.11 Å². The van der Waals surface area contributed by atoms with Gasteiger partial charge in [0.1, 0.15) is 5.56 Å². The summed E-state index contributed by atoms with van der Waals surface area (Å²) in [4.78, 5) is 10.7. The number of hydrogen-bond acceptors (Lipinski definition) is 2. The maximum absolute atomic E-state index is 10.7. The summed E-state index contributed by atoms with van der Waals surface area (Å²) in [6.07, 6.45) is 3.48. The standard InChI is InChI=1S/C8H10N2O2/c1-8(2-3-8)6-5(7(11)12)4-9-10-6/h4H,2-3H2,1H3,(H,9,10)(H,11,12). The predicted octanol–water partition coefficient (Wildman–Crippen LogP) is 1.16. The van der Waals surface area contributed by atoms with Crippen LogP contribution in [0.1, 0.15) is 35.8 Å². The van der Waals surface area contributed by atoms with Crippen molar-refractivity contribution in [2.75, 3.05) is 0 Å². The minimum absolute atomic E-state index is 0.0459. The van der Waals surface area contributed by atoms with E-state index in [9.17, 15) is 4.79 Å². The van der Waals surface area contributed by atoms with Crippen LogP contribution in [0, 0.1) is 0 Å². The summed E-state index contributed by atoms with van der Waals surface area (Å²) in [5.41, 5.74) is 1.13. The van der Waals surface area contributed by atoms with Crippen LogP contribution < -0.4 is 0 Å². The molecule has 64 valence electrons. The molecular formula is C8H10N2O2. The molecule has 4 nitrogen and oxygen atoms in total. The number of nitrogens with one attached hydrogen (secondary N) is 1. The highest BCUT2D eigenvalue weighted by atomic mass is 16.4. The summed E-state index contributed by atoms with van der Waals surface area (Å²) < 4.78 is 0. The van der Waals surface area contributed by atoms with Crippen LogP contribution in [0.25, 0.3) is 0 Å². The monoisotopic (exact) mass is 166 g/mol. The maximum Gasteiger partial charge on any atom is 0.339 e. The molecule has 0 unspecified atom stereocenters. The second-order valence-electron chi connectivity index (χ2n) is 3.52. The Morgan fingerprint density at radius 1 is 1.75 bits per heavy atom. The van der Waals surface area contributed by atoms with Gasteiger partial charge in [-0.1, -0.05) is 6.92 Å². The Morgan fingerprint density at radius 3 is 2.92 bits per heavy atom. The van der Waals surface area contributed by atoms with Gasteiger partial charge in [0.15, 0.2) is 0 Å². The zero-order valence-electron chi connectivity index (χ0n) is 6.79. The molecule has 0 spiro atoms. The van der Waals surface area contributed by atoms with E-state index in [2.05, 4.69) is 10.2 Å². The molecule has 0 aliphatic heterocycles. The van der Waals surface area contributed by atoms with E-state index >= 15 is 0 Å². The molecular weight excluding hydrogens is 156 g/mol. The average molecular weight is 166 g/mol. The van der Waals surface area contributed by atoms with Crippen molar-refractivity contribution in [2.24, 2.45) is 0 Å². The lowest BCUT2D eigenvalue weighted by Gasteiger charge is -2.05. The van der Waals surface area contributed by atoms with Crippen LogP contribution in [-0.2, 0) is 5.41 Å². The Labute approximate surface area is 69.6 Å². The first kappa shape index (κ1) is 7.34. The number of carbonyl (C=O) groups is 1. The molecule has 1 fully saturated rings. The number of carboxylic acids is 1. The fourth-order valence-corrected chi connectivity index (χ4v) is 1.35. The van der Waals surface area contributed by atoms with Crippen LogP contribution in [-0.4, -0.2) is 21.3 Å². The third kappa shape index (κ3) is 0.913. The molecule has 0 amide bonds. The number of aromatic carboxylic acids is 1. The Bertz CT molecular complexity index is 326. The van der Waals surface area contributed by atoms with Crippen LogP contribution in [0.3, 0.4) is 0 Å². The molecule has 1 aliphatic rings. The molecule has 2 N–H and O–H groups in total. The van der Waals surface area contributed by atoms with Crippen LogP contribution in [0.2, 0.25) is 0 Å². The molecule has 2 rings (SSSR count). The first-order valence-electron chi connectivity index (χ1n) is 3.91. The third-order valence-corrected chi connectivity index (χ3v) is 2.47. The SMILES string of the molecule is CC1(c2[nH]ncc2C(=O)O)CC1. The summed E-state index contributed by atoms with van der Waals surface area (Å²) in [7, 11) is 0. The molecule has 1 aromatic rings. The van der Waals surface area contributed by atoms with Gasteiger partial charge in [-0.3, -0.25) is 5.10 Å². The van der Waals surface area contributed by atoms with E-state index in [4.69, 9.17) is 5.11 Å². The third-order valence-electron chi connectivity index (χ3n) is 2.47.